The lowest BCUT2D eigenvalue weighted by Crippen LogP contribution is -2.30. The molecule has 4 aromatic rings. The molecule has 8 N–H and O–H groups in total. The number of fused-ring (bicyclic) bond motifs is 5. The first kappa shape index (κ1) is 32.0. The number of methoxy groups -OCH3 is 1. The van der Waals surface area contributed by atoms with Crippen molar-refractivity contribution >= 4 is 64.9 Å². The summed E-state index contributed by atoms with van der Waals surface area (Å²) in [5.74, 6) is 10.9. The molecule has 0 aliphatic carbocycles. The van der Waals surface area contributed by atoms with E-state index in [1.165, 1.54) is 24.5 Å². The minimum absolute atomic E-state index is 0.110. The molecule has 4 bridgehead atoms. The predicted molar refractivity (Wildman–Crippen MR) is 177 cm³/mol. The van der Waals surface area contributed by atoms with E-state index in [-0.39, 0.29) is 17.6 Å². The van der Waals surface area contributed by atoms with Gasteiger partial charge in [-0.2, -0.15) is 5.10 Å². The SMILES string of the molecule is COC(=O)Nc1ccc2c(c1)CNC(=O)c1ccc(cc1)C[C@H](NC(=O)/C=C/c1cc(Cl)ccc1N(N)/C=N\N)c1nc-2c(Cl)[nH]1. The zero-order valence-electron chi connectivity index (χ0n) is 24.4. The van der Waals surface area contributed by atoms with Gasteiger partial charge in [-0.1, -0.05) is 41.4 Å². The molecule has 3 aromatic carbocycles. The summed E-state index contributed by atoms with van der Waals surface area (Å²) < 4.78 is 4.70. The molecular weight excluding hydrogens is 633 g/mol. The van der Waals surface area contributed by atoms with Crippen LogP contribution in [0.1, 0.15) is 38.9 Å². The van der Waals surface area contributed by atoms with Crippen LogP contribution in [0.2, 0.25) is 10.2 Å². The Balaban J connectivity index is 1.51. The van der Waals surface area contributed by atoms with Crippen molar-refractivity contribution in [2.75, 3.05) is 17.4 Å². The van der Waals surface area contributed by atoms with Crippen LogP contribution in [0.4, 0.5) is 16.2 Å². The molecule has 0 spiro atoms. The van der Waals surface area contributed by atoms with Crippen molar-refractivity contribution < 1.29 is 19.1 Å². The van der Waals surface area contributed by atoms with E-state index in [1.54, 1.807) is 66.7 Å². The standard InChI is InChI=1S/C31H29Cl2N9O4/c1-46-31(45)38-22-8-9-23-20(14-22)15-36-30(44)18-4-2-17(3-5-18)12-24(29-40-27(23)28(33)41-29)39-26(43)11-6-19-13-21(32)7-10-25(19)42(35)16-37-34/h2-11,13-14,16,24H,12,15,34-35H2,1H3,(H,36,44)(H,38,45)(H,39,43)(H,40,41)/b11-6+,37-16-/t24-/m0/s1. The van der Waals surface area contributed by atoms with Crippen molar-refractivity contribution in [3.05, 3.63) is 105 Å². The number of carbonyl (C=O) groups excluding carboxylic acids is 3. The van der Waals surface area contributed by atoms with Gasteiger partial charge in [0.25, 0.3) is 5.91 Å². The number of carbonyl (C=O) groups is 3. The molecule has 0 fully saturated rings. The number of amides is 3. The van der Waals surface area contributed by atoms with Crippen LogP contribution in [0, 0.1) is 0 Å². The van der Waals surface area contributed by atoms with Crippen LogP contribution in [0.3, 0.4) is 0 Å². The maximum absolute atomic E-state index is 13.3. The number of rotatable bonds is 6. The lowest BCUT2D eigenvalue weighted by Gasteiger charge is -2.17. The lowest BCUT2D eigenvalue weighted by atomic mass is 10.0. The average molecular weight is 663 g/mol. The molecule has 15 heteroatoms. The highest BCUT2D eigenvalue weighted by Crippen LogP contribution is 2.33. The fraction of sp³-hybridized carbons (Fsp3) is 0.129. The molecule has 0 unspecified atom stereocenters. The summed E-state index contributed by atoms with van der Waals surface area (Å²) in [7, 11) is 1.26. The molecule has 0 saturated carbocycles. The first-order chi connectivity index (χ1) is 22.1. The molecule has 1 atom stereocenters. The number of aromatic amines is 1. The Morgan fingerprint density at radius 2 is 1.91 bits per heavy atom. The van der Waals surface area contributed by atoms with Crippen LogP contribution in [-0.2, 0) is 22.5 Å². The normalized spacial score (nSPS) is 14.4. The quantitative estimate of drug-likeness (QED) is 0.0571. The van der Waals surface area contributed by atoms with E-state index in [1.807, 2.05) is 0 Å². The fourth-order valence-electron chi connectivity index (χ4n) is 4.87. The second kappa shape index (κ2) is 14.2. The Morgan fingerprint density at radius 3 is 2.65 bits per heavy atom. The molecule has 2 aliphatic rings. The highest BCUT2D eigenvalue weighted by Gasteiger charge is 2.23. The molecule has 6 rings (SSSR count). The smallest absolute Gasteiger partial charge is 0.411 e. The van der Waals surface area contributed by atoms with Gasteiger partial charge in [0.15, 0.2) is 0 Å². The molecule has 0 radical (unpaired) electrons. The van der Waals surface area contributed by atoms with Crippen LogP contribution in [0.15, 0.2) is 71.8 Å². The molecule has 13 nitrogen and oxygen atoms in total. The molecule has 236 valence electrons. The first-order valence-corrected chi connectivity index (χ1v) is 14.6. The van der Waals surface area contributed by atoms with Crippen molar-refractivity contribution in [1.29, 1.82) is 0 Å². The summed E-state index contributed by atoms with van der Waals surface area (Å²) in [5, 5.41) is 13.8. The second-order valence-corrected chi connectivity index (χ2v) is 10.9. The van der Waals surface area contributed by atoms with E-state index in [0.717, 1.165) is 5.56 Å². The largest absolute Gasteiger partial charge is 0.453 e. The first-order valence-electron chi connectivity index (χ1n) is 13.8. The second-order valence-electron chi connectivity index (χ2n) is 10.1. The molecule has 1 aromatic heterocycles. The number of anilines is 2. The maximum atomic E-state index is 13.3. The van der Waals surface area contributed by atoms with Gasteiger partial charge in [-0.25, -0.2) is 15.6 Å². The van der Waals surface area contributed by atoms with E-state index in [4.69, 9.17) is 44.6 Å². The Kier molecular flexibility index (Phi) is 9.86. The average Bonchev–Trinajstić information content (AvgIpc) is 3.43. The van der Waals surface area contributed by atoms with Crippen molar-refractivity contribution in [1.82, 2.24) is 20.6 Å². The Bertz CT molecular complexity index is 1840. The summed E-state index contributed by atoms with van der Waals surface area (Å²) in [5.41, 5.74) is 4.45. The number of hydrazone groups is 1. The molecular formula is C31H29Cl2N9O4. The summed E-state index contributed by atoms with van der Waals surface area (Å²) in [6.07, 6.45) is 3.81. The van der Waals surface area contributed by atoms with Gasteiger partial charge >= 0.3 is 6.09 Å². The van der Waals surface area contributed by atoms with Crippen molar-refractivity contribution in [3.8, 4) is 11.3 Å². The van der Waals surface area contributed by atoms with Crippen LogP contribution >= 0.6 is 23.2 Å². The van der Waals surface area contributed by atoms with Crippen LogP contribution in [0.25, 0.3) is 17.3 Å². The Labute approximate surface area is 273 Å². The van der Waals surface area contributed by atoms with Gasteiger partial charge in [0.1, 0.15) is 23.0 Å². The summed E-state index contributed by atoms with van der Waals surface area (Å²) in [6.45, 7) is 0.110. The molecule has 3 amide bonds. The lowest BCUT2D eigenvalue weighted by molar-refractivity contribution is -0.117. The van der Waals surface area contributed by atoms with E-state index in [0.29, 0.717) is 56.6 Å². The van der Waals surface area contributed by atoms with Gasteiger partial charge < -0.3 is 26.2 Å². The van der Waals surface area contributed by atoms with E-state index in [9.17, 15) is 14.4 Å². The van der Waals surface area contributed by atoms with Crippen LogP contribution < -0.4 is 32.6 Å². The number of hydrogen-bond donors (Lipinski definition) is 6. The molecule has 46 heavy (non-hydrogen) atoms. The van der Waals surface area contributed by atoms with Gasteiger partial charge in [0.05, 0.1) is 18.8 Å². The number of nitrogens with one attached hydrogen (secondary N) is 4. The maximum Gasteiger partial charge on any atom is 0.411 e. The third kappa shape index (κ3) is 7.46. The fourth-order valence-corrected chi connectivity index (χ4v) is 5.29. The van der Waals surface area contributed by atoms with Crippen molar-refractivity contribution in [2.24, 2.45) is 16.8 Å². The summed E-state index contributed by atoms with van der Waals surface area (Å²) >= 11 is 12.9. The number of H-pyrrole nitrogens is 1. The topological polar surface area (TPSA) is 193 Å². The minimum atomic E-state index is -0.649. The zero-order chi connectivity index (χ0) is 32.8. The third-order valence-electron chi connectivity index (χ3n) is 7.09. The summed E-state index contributed by atoms with van der Waals surface area (Å²) in [6, 6.07) is 16.4. The highest BCUT2D eigenvalue weighted by molar-refractivity contribution is 6.32. The molecule has 0 saturated heterocycles. The van der Waals surface area contributed by atoms with Crippen LogP contribution in [0.5, 0.6) is 0 Å². The number of aromatic nitrogens is 2. The number of ether oxygens (including phenoxy) is 1. The van der Waals surface area contributed by atoms with Crippen molar-refractivity contribution in [2.45, 2.75) is 19.0 Å². The zero-order valence-corrected chi connectivity index (χ0v) is 25.9. The number of hydrazine groups is 1. The van der Waals surface area contributed by atoms with Crippen molar-refractivity contribution in [3.63, 3.8) is 0 Å². The monoisotopic (exact) mass is 661 g/mol. The van der Waals surface area contributed by atoms with Gasteiger partial charge in [-0.15, -0.1) is 0 Å². The van der Waals surface area contributed by atoms with Gasteiger partial charge in [-0.05, 0) is 66.1 Å². The van der Waals surface area contributed by atoms with E-state index >= 15 is 0 Å². The molecule has 3 heterocycles. The number of nitrogens with zero attached hydrogens (tertiary/aromatic N) is 3. The number of imidazole rings is 1. The summed E-state index contributed by atoms with van der Waals surface area (Å²) in [4.78, 5) is 46.0. The minimum Gasteiger partial charge on any atom is -0.453 e. The Hall–Kier alpha value is -5.37. The van der Waals surface area contributed by atoms with Gasteiger partial charge in [-0.3, -0.25) is 19.9 Å². The van der Waals surface area contributed by atoms with E-state index < -0.39 is 18.0 Å². The predicted octanol–water partition coefficient (Wildman–Crippen LogP) is 4.50. The highest BCUT2D eigenvalue weighted by atomic mass is 35.5. The van der Waals surface area contributed by atoms with Crippen LogP contribution in [-0.4, -0.2) is 41.3 Å². The number of halogens is 2. The third-order valence-corrected chi connectivity index (χ3v) is 7.59. The number of nitrogens with two attached hydrogens (primary N) is 2. The molecule has 2 aliphatic heterocycles. The van der Waals surface area contributed by atoms with E-state index in [2.05, 4.69) is 26.0 Å². The number of hydrogen-bond acceptors (Lipinski definition) is 8. The Morgan fingerprint density at radius 1 is 1.13 bits per heavy atom. The number of benzene rings is 3. The van der Waals surface area contributed by atoms with Gasteiger partial charge in [0.2, 0.25) is 5.91 Å². The van der Waals surface area contributed by atoms with Gasteiger partial charge in [0, 0.05) is 40.0 Å².